The van der Waals surface area contributed by atoms with Crippen LogP contribution in [0, 0.1) is 0 Å². The molecule has 0 aliphatic rings. The van der Waals surface area contributed by atoms with Gasteiger partial charge in [-0.1, -0.05) is 0 Å². The number of hydrogen-bond acceptors (Lipinski definition) is 3. The van der Waals surface area contributed by atoms with Crippen molar-refractivity contribution in [2.75, 3.05) is 0 Å². The van der Waals surface area contributed by atoms with E-state index in [2.05, 4.69) is 110 Å². The molecule has 1 heterocycles. The van der Waals surface area contributed by atoms with Crippen LogP contribution in [0.15, 0.2) is 121 Å². The van der Waals surface area contributed by atoms with E-state index in [1.165, 1.54) is 3.61 Å². The minimum atomic E-state index is -2.04. The molecule has 0 amide bonds. The van der Waals surface area contributed by atoms with Gasteiger partial charge in [0, 0.05) is 0 Å². The fourth-order valence-corrected chi connectivity index (χ4v) is 8.27. The van der Waals surface area contributed by atoms with Crippen LogP contribution < -0.4 is 3.61 Å². The molecule has 0 radical (unpaired) electrons. The molecular weight excluding hydrogens is 536 g/mol. The summed E-state index contributed by atoms with van der Waals surface area (Å²) < 4.78 is 9.63. The van der Waals surface area contributed by atoms with Gasteiger partial charge in [0.2, 0.25) is 0 Å². The van der Waals surface area contributed by atoms with Crippen LogP contribution in [0.2, 0.25) is 19.6 Å². The maximum absolute atomic E-state index is 7.22. The van der Waals surface area contributed by atoms with Crippen molar-refractivity contribution in [3.8, 4) is 0 Å². The molecule has 0 saturated heterocycles. The summed E-state index contributed by atoms with van der Waals surface area (Å²) in [6.07, 6.45) is 3.70. The predicted molar refractivity (Wildman–Crippen MR) is 141 cm³/mol. The van der Waals surface area contributed by atoms with Gasteiger partial charge in [-0.15, -0.1) is 0 Å². The zero-order chi connectivity index (χ0) is 23.2. The Bertz CT molecular complexity index is 1140. The zero-order valence-electron chi connectivity index (χ0n) is 19.2. The van der Waals surface area contributed by atoms with Crippen molar-refractivity contribution in [1.82, 2.24) is 4.98 Å². The Labute approximate surface area is 207 Å². The van der Waals surface area contributed by atoms with Gasteiger partial charge in [-0.3, -0.25) is 0 Å². The summed E-state index contributed by atoms with van der Waals surface area (Å²) in [4.78, 5) is 9.62. The second-order valence-electron chi connectivity index (χ2n) is 8.67. The van der Waals surface area contributed by atoms with Gasteiger partial charge in [0.05, 0.1) is 0 Å². The molecule has 4 aromatic rings. The molecule has 5 heteroatoms. The van der Waals surface area contributed by atoms with Crippen molar-refractivity contribution in [3.63, 3.8) is 0 Å². The van der Waals surface area contributed by atoms with Crippen LogP contribution in [0.4, 0.5) is 5.69 Å². The molecule has 1 aromatic heterocycles. The van der Waals surface area contributed by atoms with Gasteiger partial charge in [-0.25, -0.2) is 0 Å². The van der Waals surface area contributed by atoms with Gasteiger partial charge < -0.3 is 0 Å². The summed E-state index contributed by atoms with van der Waals surface area (Å²) in [5.41, 5.74) is 2.35. The fourth-order valence-electron chi connectivity index (χ4n) is 3.69. The number of benzene rings is 3. The molecule has 0 N–H and O–H groups in total. The van der Waals surface area contributed by atoms with E-state index >= 15 is 0 Å². The van der Waals surface area contributed by atoms with E-state index in [1.54, 1.807) is 0 Å². The van der Waals surface area contributed by atoms with Crippen LogP contribution in [0.3, 0.4) is 0 Å². The molecule has 4 rings (SSSR count). The third-order valence-corrected chi connectivity index (χ3v) is 8.97. The molecule has 1 unspecified atom stereocenters. The first-order valence-electron chi connectivity index (χ1n) is 11.0. The van der Waals surface area contributed by atoms with E-state index < -0.39 is 34.8 Å². The second kappa shape index (κ2) is 10.6. The quantitative estimate of drug-likeness (QED) is 0.196. The second-order valence-corrected chi connectivity index (χ2v) is 16.1. The number of para-hydroxylation sites is 1. The molecule has 0 bridgehead atoms. The van der Waals surface area contributed by atoms with E-state index in [0.29, 0.717) is 0 Å². The molecule has 0 saturated carbocycles. The minimum absolute atomic E-state index is 0.775. The summed E-state index contributed by atoms with van der Waals surface area (Å²) in [5.74, 6) is 0. The Kier molecular flexibility index (Phi) is 7.57. The first-order valence-corrected chi connectivity index (χ1v) is 16.7. The molecule has 0 aliphatic heterocycles. The number of rotatable bonds is 8. The third kappa shape index (κ3) is 5.88. The van der Waals surface area contributed by atoms with Crippen molar-refractivity contribution < 1.29 is 4.43 Å². The van der Waals surface area contributed by atoms with Gasteiger partial charge >= 0.3 is 209 Å². The molecule has 166 valence electrons. The molecule has 3 nitrogen and oxygen atoms in total. The predicted octanol–water partition coefficient (Wildman–Crippen LogP) is 5.94. The normalized spacial score (nSPS) is 14.0. The molecule has 0 spiro atoms. The molecular formula is C28H28N2OSiTe. The molecule has 33 heavy (non-hydrogen) atoms. The first kappa shape index (κ1) is 23.6. The Morgan fingerprint density at radius 3 is 1.82 bits per heavy atom. The number of pyridine rings is 1. The van der Waals surface area contributed by atoms with Crippen molar-refractivity contribution in [1.29, 1.82) is 0 Å². The van der Waals surface area contributed by atoms with Crippen LogP contribution in [0.5, 0.6) is 0 Å². The fraction of sp³-hybridized carbons (Fsp3) is 0.143. The first-order chi connectivity index (χ1) is 16.0. The Hall–Kier alpha value is -2.55. The van der Waals surface area contributed by atoms with Crippen LogP contribution in [0.1, 0.15) is 11.1 Å². The summed E-state index contributed by atoms with van der Waals surface area (Å²) in [7, 11) is -2.04. The van der Waals surface area contributed by atoms with Crippen LogP contribution >= 0.6 is 0 Å². The van der Waals surface area contributed by atoms with Crippen molar-refractivity contribution in [2.45, 2.75) is 25.2 Å². The summed E-state index contributed by atoms with van der Waals surface area (Å²) in [5, 5.41) is 0. The maximum atomic E-state index is 7.22. The van der Waals surface area contributed by atoms with E-state index in [4.69, 9.17) is 9.42 Å². The summed E-state index contributed by atoms with van der Waals surface area (Å²) >= 11 is -0.870. The van der Waals surface area contributed by atoms with E-state index in [-0.39, 0.29) is 0 Å². The summed E-state index contributed by atoms with van der Waals surface area (Å²) in [6.45, 7) is 6.74. The van der Waals surface area contributed by atoms with Crippen molar-refractivity contribution in [2.24, 2.45) is 4.99 Å². The molecule has 3 aromatic carbocycles. The number of aromatic nitrogens is 1. The van der Waals surface area contributed by atoms with Crippen molar-refractivity contribution in [3.05, 3.63) is 127 Å². The standard InChI is InChI=1S/C28H28N2OSiTe/c1-32(2,3)31-28(23-13-7-4-8-14-23,24-19-21-29-22-20-24)27(30-25-15-9-5-10-16-25)33-26-17-11-6-12-18-26/h4-22H,1-3H3. The SMILES string of the molecule is C[Si](C)(C)OC(C(=Nc1ccccc1)[Te]c1ccccc1)(c1ccccc1)c1ccncc1. The van der Waals surface area contributed by atoms with Gasteiger partial charge in [-0.2, -0.15) is 0 Å². The van der Waals surface area contributed by atoms with E-state index in [1.807, 2.05) is 30.6 Å². The number of hydrogen-bond donors (Lipinski definition) is 0. The van der Waals surface area contributed by atoms with Gasteiger partial charge in [0.25, 0.3) is 0 Å². The average molecular weight is 564 g/mol. The van der Waals surface area contributed by atoms with E-state index in [9.17, 15) is 0 Å². The van der Waals surface area contributed by atoms with Crippen LogP contribution in [-0.2, 0) is 10.0 Å². The van der Waals surface area contributed by atoms with Gasteiger partial charge in [-0.05, 0) is 0 Å². The van der Waals surface area contributed by atoms with Gasteiger partial charge in [0.15, 0.2) is 0 Å². The average Bonchev–Trinajstić information content (AvgIpc) is 2.84. The van der Waals surface area contributed by atoms with Gasteiger partial charge in [0.1, 0.15) is 0 Å². The van der Waals surface area contributed by atoms with Crippen molar-refractivity contribution >= 4 is 42.3 Å². The number of nitrogens with zero attached hydrogens (tertiary/aromatic N) is 2. The zero-order valence-corrected chi connectivity index (χ0v) is 22.5. The third-order valence-electron chi connectivity index (χ3n) is 4.97. The molecule has 0 aliphatic carbocycles. The Balaban J connectivity index is 2.03. The monoisotopic (exact) mass is 566 g/mol. The summed E-state index contributed by atoms with van der Waals surface area (Å²) in [6, 6.07) is 35.6. The van der Waals surface area contributed by atoms with Crippen LogP contribution in [0.25, 0.3) is 0 Å². The topological polar surface area (TPSA) is 34.5 Å². The van der Waals surface area contributed by atoms with E-state index in [0.717, 1.165) is 20.6 Å². The molecule has 0 fully saturated rings. The van der Waals surface area contributed by atoms with Crippen LogP contribution in [-0.4, -0.2) is 38.0 Å². The Morgan fingerprint density at radius 1 is 0.727 bits per heavy atom. The number of aliphatic imine (C=N–C) groups is 1. The molecule has 1 atom stereocenters. The Morgan fingerprint density at radius 2 is 1.24 bits per heavy atom.